The summed E-state index contributed by atoms with van der Waals surface area (Å²) in [4.78, 5) is 15.2. The number of aromatic nitrogens is 3. The first-order chi connectivity index (χ1) is 12.7. The third-order valence-corrected chi connectivity index (χ3v) is 5.20. The van der Waals surface area contributed by atoms with Crippen LogP contribution in [0.25, 0.3) is 10.9 Å². The van der Waals surface area contributed by atoms with Gasteiger partial charge in [0.2, 0.25) is 0 Å². The maximum absolute atomic E-state index is 12.5. The van der Waals surface area contributed by atoms with E-state index in [2.05, 4.69) is 16.4 Å². The van der Waals surface area contributed by atoms with Crippen LogP contribution in [0.15, 0.2) is 41.3 Å². The standard InChI is InChI=1S/C19H18ClN5O/c20-13-5-7-14(8-6-13)23-18-17-16(9-10-22-19(17)26)25(24-18)15-4-2-1-3-12(15)11-21/h5-10,12,15H,1-4H2,(H,22,26)(H,23,24). The second-order valence-electron chi connectivity index (χ2n) is 6.58. The molecule has 0 aliphatic heterocycles. The molecule has 1 aromatic carbocycles. The van der Waals surface area contributed by atoms with E-state index in [4.69, 9.17) is 16.7 Å². The topological polar surface area (TPSA) is 86.5 Å². The highest BCUT2D eigenvalue weighted by Gasteiger charge is 2.29. The van der Waals surface area contributed by atoms with E-state index in [0.29, 0.717) is 16.2 Å². The molecule has 6 nitrogen and oxygen atoms in total. The van der Waals surface area contributed by atoms with Gasteiger partial charge in [0.1, 0.15) is 5.39 Å². The number of nitrogens with zero attached hydrogens (tertiary/aromatic N) is 3. The first-order valence-electron chi connectivity index (χ1n) is 8.69. The number of hydrogen-bond acceptors (Lipinski definition) is 4. The van der Waals surface area contributed by atoms with E-state index in [9.17, 15) is 10.1 Å². The van der Waals surface area contributed by atoms with Gasteiger partial charge in [0.25, 0.3) is 5.56 Å². The molecule has 0 amide bonds. The molecule has 2 aromatic heterocycles. The van der Waals surface area contributed by atoms with E-state index in [1.54, 1.807) is 18.3 Å². The lowest BCUT2D eigenvalue weighted by Gasteiger charge is -2.27. The largest absolute Gasteiger partial charge is 0.338 e. The number of nitrogens with one attached hydrogen (secondary N) is 2. The van der Waals surface area contributed by atoms with Gasteiger partial charge in [-0.3, -0.25) is 9.48 Å². The molecule has 2 unspecified atom stereocenters. The van der Waals surface area contributed by atoms with Crippen molar-refractivity contribution in [2.45, 2.75) is 31.7 Å². The van der Waals surface area contributed by atoms with E-state index in [0.717, 1.165) is 36.9 Å². The predicted octanol–water partition coefficient (Wildman–Crippen LogP) is 4.38. The first-order valence-corrected chi connectivity index (χ1v) is 9.07. The van der Waals surface area contributed by atoms with Gasteiger partial charge in [-0.05, 0) is 43.2 Å². The molecular formula is C19H18ClN5O. The van der Waals surface area contributed by atoms with Gasteiger partial charge in [-0.1, -0.05) is 24.4 Å². The van der Waals surface area contributed by atoms with Crippen LogP contribution in [0.2, 0.25) is 5.02 Å². The fraction of sp³-hybridized carbons (Fsp3) is 0.316. The van der Waals surface area contributed by atoms with Crippen LogP contribution in [-0.4, -0.2) is 14.8 Å². The van der Waals surface area contributed by atoms with Crippen LogP contribution < -0.4 is 10.9 Å². The highest BCUT2D eigenvalue weighted by Crippen LogP contribution is 2.36. The Hall–Kier alpha value is -2.78. The van der Waals surface area contributed by atoms with Crippen molar-refractivity contribution in [3.05, 3.63) is 51.9 Å². The molecule has 0 bridgehead atoms. The van der Waals surface area contributed by atoms with Crippen molar-refractivity contribution in [1.29, 1.82) is 5.26 Å². The Labute approximate surface area is 155 Å². The lowest BCUT2D eigenvalue weighted by atomic mass is 9.85. The van der Waals surface area contributed by atoms with Crippen LogP contribution in [0.1, 0.15) is 31.7 Å². The summed E-state index contributed by atoms with van der Waals surface area (Å²) in [5.41, 5.74) is 1.34. The molecule has 2 atom stereocenters. The van der Waals surface area contributed by atoms with E-state index in [1.165, 1.54) is 0 Å². The zero-order chi connectivity index (χ0) is 18.1. The minimum absolute atomic E-state index is 0.0150. The quantitative estimate of drug-likeness (QED) is 0.719. The third-order valence-electron chi connectivity index (χ3n) is 4.95. The van der Waals surface area contributed by atoms with Gasteiger partial charge in [0.05, 0.1) is 23.5 Å². The highest BCUT2D eigenvalue weighted by atomic mass is 35.5. The molecule has 0 saturated heterocycles. The van der Waals surface area contributed by atoms with Gasteiger partial charge < -0.3 is 10.3 Å². The van der Waals surface area contributed by atoms with E-state index < -0.39 is 0 Å². The van der Waals surface area contributed by atoms with Crippen molar-refractivity contribution in [2.24, 2.45) is 5.92 Å². The minimum Gasteiger partial charge on any atom is -0.338 e. The molecule has 26 heavy (non-hydrogen) atoms. The average molecular weight is 368 g/mol. The summed E-state index contributed by atoms with van der Waals surface area (Å²) in [6, 6.07) is 11.5. The Morgan fingerprint density at radius 1 is 1.23 bits per heavy atom. The second kappa shape index (κ2) is 6.85. The van der Waals surface area contributed by atoms with Crippen LogP contribution in [0, 0.1) is 17.2 Å². The fourth-order valence-corrected chi connectivity index (χ4v) is 3.79. The Balaban J connectivity index is 1.82. The summed E-state index contributed by atoms with van der Waals surface area (Å²) in [5.74, 6) is 0.404. The number of pyridine rings is 1. The Kier molecular flexibility index (Phi) is 4.39. The molecule has 1 aliphatic carbocycles. The Bertz CT molecular complexity index is 1030. The maximum atomic E-state index is 12.5. The van der Waals surface area contributed by atoms with Gasteiger partial charge in [0.15, 0.2) is 5.82 Å². The van der Waals surface area contributed by atoms with Crippen LogP contribution in [0.5, 0.6) is 0 Å². The molecular weight excluding hydrogens is 350 g/mol. The number of rotatable bonds is 3. The number of fused-ring (bicyclic) bond motifs is 1. The van der Waals surface area contributed by atoms with Crippen LogP contribution >= 0.6 is 11.6 Å². The summed E-state index contributed by atoms with van der Waals surface area (Å²) >= 11 is 5.94. The van der Waals surface area contributed by atoms with Gasteiger partial charge in [-0.2, -0.15) is 10.4 Å². The predicted molar refractivity (Wildman–Crippen MR) is 102 cm³/mol. The summed E-state index contributed by atoms with van der Waals surface area (Å²) < 4.78 is 1.86. The molecule has 2 heterocycles. The van der Waals surface area contributed by atoms with Crippen molar-refractivity contribution in [3.63, 3.8) is 0 Å². The van der Waals surface area contributed by atoms with Crippen LogP contribution in [0.3, 0.4) is 0 Å². The molecule has 3 aromatic rings. The molecule has 4 rings (SSSR count). The molecule has 1 aliphatic rings. The molecule has 1 fully saturated rings. The summed E-state index contributed by atoms with van der Waals surface area (Å²) in [6.07, 6.45) is 5.50. The van der Waals surface area contributed by atoms with Gasteiger partial charge >= 0.3 is 0 Å². The van der Waals surface area contributed by atoms with Crippen LogP contribution in [0.4, 0.5) is 11.5 Å². The monoisotopic (exact) mass is 367 g/mol. The first kappa shape index (κ1) is 16.7. The molecule has 1 saturated carbocycles. The Morgan fingerprint density at radius 2 is 2.00 bits per heavy atom. The van der Waals surface area contributed by atoms with Gasteiger partial charge in [-0.25, -0.2) is 0 Å². The number of aromatic amines is 1. The van der Waals surface area contributed by atoms with Crippen molar-refractivity contribution >= 4 is 34.0 Å². The van der Waals surface area contributed by atoms with Crippen molar-refractivity contribution in [1.82, 2.24) is 14.8 Å². The van der Waals surface area contributed by atoms with E-state index >= 15 is 0 Å². The molecule has 132 valence electrons. The number of anilines is 2. The molecule has 2 N–H and O–H groups in total. The second-order valence-corrected chi connectivity index (χ2v) is 7.02. The van der Waals surface area contributed by atoms with Crippen molar-refractivity contribution < 1.29 is 0 Å². The Morgan fingerprint density at radius 3 is 2.77 bits per heavy atom. The van der Waals surface area contributed by atoms with E-state index in [1.807, 2.05) is 22.9 Å². The maximum Gasteiger partial charge on any atom is 0.261 e. The van der Waals surface area contributed by atoms with Crippen LogP contribution in [-0.2, 0) is 0 Å². The SMILES string of the molecule is N#CC1CCCCC1n1nc(Nc2ccc(Cl)cc2)c2c(=O)[nH]ccc21. The number of halogens is 1. The molecule has 7 heteroatoms. The highest BCUT2D eigenvalue weighted by molar-refractivity contribution is 6.30. The smallest absolute Gasteiger partial charge is 0.261 e. The molecule has 0 spiro atoms. The average Bonchev–Trinajstić information content (AvgIpc) is 3.03. The number of hydrogen-bond donors (Lipinski definition) is 2. The summed E-state index contributed by atoms with van der Waals surface area (Å²) in [6.45, 7) is 0. The fourth-order valence-electron chi connectivity index (χ4n) is 3.66. The number of benzene rings is 1. The summed E-state index contributed by atoms with van der Waals surface area (Å²) in [7, 11) is 0. The zero-order valence-corrected chi connectivity index (χ0v) is 14.8. The minimum atomic E-state index is -0.200. The van der Waals surface area contributed by atoms with Gasteiger partial charge in [-0.15, -0.1) is 0 Å². The molecule has 0 radical (unpaired) electrons. The number of nitriles is 1. The lowest BCUT2D eigenvalue weighted by Crippen LogP contribution is -2.23. The van der Waals surface area contributed by atoms with Crippen molar-refractivity contribution in [3.8, 4) is 6.07 Å². The normalized spacial score (nSPS) is 20.0. The third kappa shape index (κ3) is 2.95. The van der Waals surface area contributed by atoms with Gasteiger partial charge in [0, 0.05) is 16.9 Å². The summed E-state index contributed by atoms with van der Waals surface area (Å²) in [5, 5.41) is 18.6. The van der Waals surface area contributed by atoms with Crippen molar-refractivity contribution in [2.75, 3.05) is 5.32 Å². The van der Waals surface area contributed by atoms with E-state index in [-0.39, 0.29) is 17.5 Å². The number of H-pyrrole nitrogens is 1. The lowest BCUT2D eigenvalue weighted by molar-refractivity contribution is 0.277. The zero-order valence-electron chi connectivity index (χ0n) is 14.1.